The van der Waals surface area contributed by atoms with E-state index >= 15 is 0 Å². The first-order chi connectivity index (χ1) is 17.4. The first-order valence-corrected chi connectivity index (χ1v) is 13.0. The Morgan fingerprint density at radius 2 is 1.81 bits per heavy atom. The van der Waals surface area contributed by atoms with Crippen molar-refractivity contribution in [3.8, 4) is 11.3 Å². The predicted octanol–water partition coefficient (Wildman–Crippen LogP) is 6.89. The van der Waals surface area contributed by atoms with Gasteiger partial charge in [-0.3, -0.25) is 4.79 Å². The Morgan fingerprint density at radius 1 is 1.08 bits per heavy atom. The molecule has 1 aliphatic heterocycles. The van der Waals surface area contributed by atoms with E-state index in [0.29, 0.717) is 41.5 Å². The first-order valence-electron chi connectivity index (χ1n) is 12.6. The molecule has 4 aromatic rings. The third-order valence-corrected chi connectivity index (χ3v) is 7.32. The van der Waals surface area contributed by atoms with Crippen molar-refractivity contribution in [2.24, 2.45) is 0 Å². The van der Waals surface area contributed by atoms with Gasteiger partial charge in [0.2, 0.25) is 0 Å². The highest BCUT2D eigenvalue weighted by Gasteiger charge is 2.39. The molecule has 0 N–H and O–H groups in total. The molecule has 1 amide bonds. The molecule has 1 aromatic carbocycles. The van der Waals surface area contributed by atoms with Gasteiger partial charge in [-0.25, -0.2) is 9.97 Å². The lowest BCUT2D eigenvalue weighted by molar-refractivity contribution is 0.0483. The number of furan rings is 1. The highest BCUT2D eigenvalue weighted by Crippen LogP contribution is 2.36. The number of anilines is 1. The standard InChI is InChI=1S/C30H33ClN4O2/c1-19-8-7-13-32-27(19)34-14-15-35(30(5,6)18-34)28(36)25-17-24-26(37-25)22(29(2,3)4)16-23(33-24)20-9-11-21(31)12-10-20/h7-13,16-17H,14-15,18H2,1-6H3. The third-order valence-electron chi connectivity index (χ3n) is 7.07. The smallest absolute Gasteiger partial charge is 0.290 e. The van der Waals surface area contributed by atoms with Gasteiger partial charge in [0, 0.05) is 48.0 Å². The largest absolute Gasteiger partial charge is 0.449 e. The zero-order valence-electron chi connectivity index (χ0n) is 22.3. The van der Waals surface area contributed by atoms with E-state index in [4.69, 9.17) is 21.0 Å². The van der Waals surface area contributed by atoms with Crippen molar-refractivity contribution in [1.82, 2.24) is 14.9 Å². The summed E-state index contributed by atoms with van der Waals surface area (Å²) in [6, 6.07) is 15.5. The number of hydrogen-bond acceptors (Lipinski definition) is 5. The van der Waals surface area contributed by atoms with Crippen molar-refractivity contribution < 1.29 is 9.21 Å². The molecule has 3 aromatic heterocycles. The number of carbonyl (C=O) groups is 1. The molecule has 37 heavy (non-hydrogen) atoms. The lowest BCUT2D eigenvalue weighted by Crippen LogP contribution is -2.61. The third kappa shape index (κ3) is 4.82. The fraction of sp³-hybridized carbons (Fsp3) is 0.367. The number of aromatic nitrogens is 2. The molecule has 0 atom stereocenters. The number of rotatable bonds is 3. The molecule has 6 nitrogen and oxygen atoms in total. The Labute approximate surface area is 223 Å². The second kappa shape index (κ2) is 9.18. The Balaban J connectivity index is 1.49. The van der Waals surface area contributed by atoms with Crippen LogP contribution in [0.15, 0.2) is 59.1 Å². The molecule has 0 spiro atoms. The minimum atomic E-state index is -0.410. The summed E-state index contributed by atoms with van der Waals surface area (Å²) in [7, 11) is 0. The SMILES string of the molecule is Cc1cccnc1N1CCN(C(=O)c2cc3nc(-c4ccc(Cl)cc4)cc(C(C)(C)C)c3o2)C(C)(C)C1. The first kappa shape index (κ1) is 25.3. The van der Waals surface area contributed by atoms with Crippen LogP contribution in [0.4, 0.5) is 5.82 Å². The maximum atomic E-state index is 13.8. The van der Waals surface area contributed by atoms with Crippen molar-refractivity contribution in [2.45, 2.75) is 52.5 Å². The fourth-order valence-electron chi connectivity index (χ4n) is 5.11. The molecule has 0 aliphatic carbocycles. The summed E-state index contributed by atoms with van der Waals surface area (Å²) in [4.78, 5) is 27.4. The minimum absolute atomic E-state index is 0.117. The molecule has 0 saturated carbocycles. The number of halogens is 1. The summed E-state index contributed by atoms with van der Waals surface area (Å²) < 4.78 is 6.27. The highest BCUT2D eigenvalue weighted by atomic mass is 35.5. The van der Waals surface area contributed by atoms with Crippen molar-refractivity contribution in [2.75, 3.05) is 24.5 Å². The van der Waals surface area contributed by atoms with Gasteiger partial charge < -0.3 is 14.2 Å². The summed E-state index contributed by atoms with van der Waals surface area (Å²) in [6.07, 6.45) is 1.82. The van der Waals surface area contributed by atoms with Crippen LogP contribution in [-0.4, -0.2) is 45.9 Å². The molecule has 192 valence electrons. The molecule has 7 heteroatoms. The number of benzene rings is 1. The molecule has 0 bridgehead atoms. The number of piperazine rings is 1. The van der Waals surface area contributed by atoms with E-state index in [2.05, 4.69) is 63.6 Å². The average molecular weight is 517 g/mol. The van der Waals surface area contributed by atoms with Gasteiger partial charge in [-0.15, -0.1) is 0 Å². The number of carbonyl (C=O) groups excluding carboxylic acids is 1. The fourth-order valence-corrected chi connectivity index (χ4v) is 5.23. The summed E-state index contributed by atoms with van der Waals surface area (Å²) in [5.41, 5.74) is 4.67. The molecular formula is C30H33ClN4O2. The summed E-state index contributed by atoms with van der Waals surface area (Å²) >= 11 is 6.10. The quantitative estimate of drug-likeness (QED) is 0.296. The number of pyridine rings is 2. The number of amides is 1. The van der Waals surface area contributed by atoms with Gasteiger partial charge in [-0.2, -0.15) is 0 Å². The maximum absolute atomic E-state index is 13.8. The molecule has 5 rings (SSSR count). The van der Waals surface area contributed by atoms with Crippen LogP contribution < -0.4 is 4.90 Å². The van der Waals surface area contributed by atoms with Crippen molar-refractivity contribution in [3.63, 3.8) is 0 Å². The van der Waals surface area contributed by atoms with Crippen LogP contribution in [0.5, 0.6) is 0 Å². The highest BCUT2D eigenvalue weighted by molar-refractivity contribution is 6.30. The zero-order valence-corrected chi connectivity index (χ0v) is 23.1. The maximum Gasteiger partial charge on any atom is 0.290 e. The van der Waals surface area contributed by atoms with Gasteiger partial charge >= 0.3 is 0 Å². The predicted molar refractivity (Wildman–Crippen MR) is 149 cm³/mol. The summed E-state index contributed by atoms with van der Waals surface area (Å²) in [6.45, 7) is 14.6. The van der Waals surface area contributed by atoms with Crippen LogP contribution in [0.1, 0.15) is 56.3 Å². The van der Waals surface area contributed by atoms with Crippen LogP contribution in [0, 0.1) is 6.92 Å². The van der Waals surface area contributed by atoms with Crippen molar-refractivity contribution in [3.05, 3.63) is 76.6 Å². The normalized spacial score (nSPS) is 15.9. The molecule has 0 unspecified atom stereocenters. The molecule has 4 heterocycles. The lowest BCUT2D eigenvalue weighted by atomic mass is 9.86. The van der Waals surface area contributed by atoms with Crippen LogP contribution in [0.25, 0.3) is 22.4 Å². The minimum Gasteiger partial charge on any atom is -0.449 e. The lowest BCUT2D eigenvalue weighted by Gasteiger charge is -2.47. The van der Waals surface area contributed by atoms with Crippen LogP contribution in [-0.2, 0) is 5.41 Å². The second-order valence-corrected chi connectivity index (χ2v) is 11.9. The van der Waals surface area contributed by atoms with Crippen LogP contribution >= 0.6 is 11.6 Å². The van der Waals surface area contributed by atoms with E-state index in [1.807, 2.05) is 41.4 Å². The Hall–Kier alpha value is -3.38. The number of aryl methyl sites for hydroxylation is 1. The van der Waals surface area contributed by atoms with E-state index in [1.165, 1.54) is 0 Å². The molecular weight excluding hydrogens is 484 g/mol. The molecule has 1 fully saturated rings. The average Bonchev–Trinajstić information content (AvgIpc) is 3.27. The van der Waals surface area contributed by atoms with E-state index in [0.717, 1.165) is 28.2 Å². The second-order valence-electron chi connectivity index (χ2n) is 11.5. The summed E-state index contributed by atoms with van der Waals surface area (Å²) in [5.74, 6) is 1.17. The van der Waals surface area contributed by atoms with E-state index < -0.39 is 5.54 Å². The van der Waals surface area contributed by atoms with Crippen molar-refractivity contribution in [1.29, 1.82) is 0 Å². The van der Waals surface area contributed by atoms with Crippen molar-refractivity contribution >= 4 is 34.4 Å². The van der Waals surface area contributed by atoms with Gasteiger partial charge in [0.05, 0.1) is 11.2 Å². The zero-order chi connectivity index (χ0) is 26.5. The molecule has 0 radical (unpaired) electrons. The summed E-state index contributed by atoms with van der Waals surface area (Å²) in [5, 5.41) is 0.679. The van der Waals surface area contributed by atoms with Gasteiger partial charge in [0.25, 0.3) is 5.91 Å². The molecule has 1 saturated heterocycles. The van der Waals surface area contributed by atoms with Gasteiger partial charge in [-0.05, 0) is 56.0 Å². The van der Waals surface area contributed by atoms with Gasteiger partial charge in [0.15, 0.2) is 11.3 Å². The van der Waals surface area contributed by atoms with E-state index in [1.54, 1.807) is 6.07 Å². The van der Waals surface area contributed by atoms with Crippen LogP contribution in [0.3, 0.4) is 0 Å². The number of hydrogen-bond donors (Lipinski definition) is 0. The topological polar surface area (TPSA) is 62.5 Å². The molecule has 1 aliphatic rings. The number of fused-ring (bicyclic) bond motifs is 1. The monoisotopic (exact) mass is 516 g/mol. The van der Waals surface area contributed by atoms with Crippen LogP contribution in [0.2, 0.25) is 5.02 Å². The van der Waals surface area contributed by atoms with E-state index in [9.17, 15) is 4.79 Å². The van der Waals surface area contributed by atoms with E-state index in [-0.39, 0.29) is 11.3 Å². The Kier molecular flexibility index (Phi) is 6.27. The Bertz CT molecular complexity index is 1470. The van der Waals surface area contributed by atoms with Gasteiger partial charge in [0.1, 0.15) is 11.3 Å². The number of nitrogens with zero attached hydrogens (tertiary/aromatic N) is 4. The van der Waals surface area contributed by atoms with Gasteiger partial charge in [-0.1, -0.05) is 50.6 Å². The Morgan fingerprint density at radius 3 is 2.46 bits per heavy atom.